The van der Waals surface area contributed by atoms with Gasteiger partial charge in [0.1, 0.15) is 55.4 Å². The molecule has 2 rings (SSSR count). The summed E-state index contributed by atoms with van der Waals surface area (Å²) in [6.07, 6.45) is 25.3. The molecule has 0 aromatic carbocycles. The van der Waals surface area contributed by atoms with Crippen LogP contribution in [0.5, 0.6) is 0 Å². The summed E-state index contributed by atoms with van der Waals surface area (Å²) in [6.45, 7) is 2.37. The number of hydrogen-bond donors (Lipinski definition) is 7. The fraction of sp³-hybridized carbons (Fsp3) is 0.765. The molecule has 7 N–H and O–H groups in total. The van der Waals surface area contributed by atoms with Gasteiger partial charge in [-0.1, -0.05) is 132 Å². The number of aliphatic hydroxyl groups excluding tert-OH is 7. The van der Waals surface area contributed by atoms with E-state index in [1.54, 1.807) is 0 Å². The van der Waals surface area contributed by atoms with E-state index < -0.39 is 99.3 Å². The molecule has 2 aliphatic rings. The first-order valence-corrected chi connectivity index (χ1v) is 24.9. The van der Waals surface area contributed by atoms with Gasteiger partial charge in [-0.15, -0.1) is 0 Å². The van der Waals surface area contributed by atoms with Gasteiger partial charge in [0, 0.05) is 12.8 Å². The minimum absolute atomic E-state index is 0.148. The standard InChI is InChI=1S/C51H86O15/c1-3-5-7-9-11-13-15-17-18-19-20-22-24-26-28-30-32-34-43(54)64-39(36-61-42(53)33-31-29-27-25-23-21-16-14-12-10-8-6-4-2)37-62-50-49(60)47(58)45(56)41(66-50)38-63-51-48(59)46(57)44(55)40(35-52)65-51/h5,7-8,10-11,13-14,16-18,39-41,44-52,55-60H,3-4,6,9,12,15,19-38H2,1-2H3/b7-5-,10-8-,13-11-,16-14-,18-17-. The molecule has 66 heavy (non-hydrogen) atoms. The largest absolute Gasteiger partial charge is 0.462 e. The zero-order valence-electron chi connectivity index (χ0n) is 39.9. The normalized spacial score (nSPS) is 26.7. The molecule has 11 atom stereocenters. The molecule has 15 nitrogen and oxygen atoms in total. The van der Waals surface area contributed by atoms with Gasteiger partial charge in [-0.3, -0.25) is 9.59 Å². The first-order valence-electron chi connectivity index (χ1n) is 24.9. The highest BCUT2D eigenvalue weighted by Crippen LogP contribution is 2.26. The molecule has 0 amide bonds. The molecule has 2 saturated heterocycles. The predicted octanol–water partition coefficient (Wildman–Crippen LogP) is 6.49. The third-order valence-corrected chi connectivity index (χ3v) is 11.5. The second-order valence-corrected chi connectivity index (χ2v) is 17.3. The number of rotatable bonds is 37. The Bertz CT molecular complexity index is 1380. The molecular formula is C51H86O15. The number of unbranched alkanes of at least 4 members (excludes halogenated alkanes) is 13. The van der Waals surface area contributed by atoms with Crippen molar-refractivity contribution < 1.29 is 73.8 Å². The van der Waals surface area contributed by atoms with Crippen LogP contribution in [0.15, 0.2) is 60.8 Å². The zero-order chi connectivity index (χ0) is 48.2. The lowest BCUT2D eigenvalue weighted by Gasteiger charge is -2.42. The molecule has 0 radical (unpaired) electrons. The van der Waals surface area contributed by atoms with Gasteiger partial charge < -0.3 is 64.2 Å². The lowest BCUT2D eigenvalue weighted by Crippen LogP contribution is -2.61. The highest BCUT2D eigenvalue weighted by atomic mass is 16.7. The molecule has 0 spiro atoms. The van der Waals surface area contributed by atoms with E-state index in [0.717, 1.165) is 116 Å². The number of esters is 2. The summed E-state index contributed by atoms with van der Waals surface area (Å²) < 4.78 is 33.5. The minimum atomic E-state index is -1.77. The lowest BCUT2D eigenvalue weighted by atomic mass is 9.98. The van der Waals surface area contributed by atoms with E-state index in [4.69, 9.17) is 28.4 Å². The van der Waals surface area contributed by atoms with E-state index in [9.17, 15) is 45.3 Å². The fourth-order valence-electron chi connectivity index (χ4n) is 7.39. The number of ether oxygens (including phenoxy) is 6. The van der Waals surface area contributed by atoms with Crippen LogP contribution >= 0.6 is 0 Å². The van der Waals surface area contributed by atoms with Crippen LogP contribution in [0, 0.1) is 0 Å². The van der Waals surface area contributed by atoms with Crippen molar-refractivity contribution in [3.63, 3.8) is 0 Å². The Balaban J connectivity index is 1.83. The topological polar surface area (TPSA) is 231 Å². The molecule has 380 valence electrons. The summed E-state index contributed by atoms with van der Waals surface area (Å²) in [5.74, 6) is -0.958. The third-order valence-electron chi connectivity index (χ3n) is 11.5. The molecule has 15 heteroatoms. The summed E-state index contributed by atoms with van der Waals surface area (Å²) >= 11 is 0. The molecular weight excluding hydrogens is 853 g/mol. The summed E-state index contributed by atoms with van der Waals surface area (Å²) in [4.78, 5) is 25.7. The highest BCUT2D eigenvalue weighted by molar-refractivity contribution is 5.70. The van der Waals surface area contributed by atoms with Gasteiger partial charge in [-0.05, 0) is 70.6 Å². The first-order chi connectivity index (χ1) is 32.0. The van der Waals surface area contributed by atoms with Crippen molar-refractivity contribution in [2.24, 2.45) is 0 Å². The quantitative estimate of drug-likeness (QED) is 0.0201. The Morgan fingerprint density at radius 2 is 0.955 bits per heavy atom. The van der Waals surface area contributed by atoms with E-state index in [2.05, 4.69) is 74.6 Å². The first kappa shape index (κ1) is 59.3. The summed E-state index contributed by atoms with van der Waals surface area (Å²) in [5, 5.41) is 72.0. The Kier molecular flexibility index (Phi) is 34.2. The Hall–Kier alpha value is -2.80. The van der Waals surface area contributed by atoms with Crippen LogP contribution < -0.4 is 0 Å². The number of carbonyl (C=O) groups is 2. The predicted molar refractivity (Wildman–Crippen MR) is 252 cm³/mol. The summed E-state index contributed by atoms with van der Waals surface area (Å²) in [5.41, 5.74) is 0. The Labute approximate surface area is 394 Å². The van der Waals surface area contributed by atoms with Crippen molar-refractivity contribution in [1.82, 2.24) is 0 Å². The van der Waals surface area contributed by atoms with E-state index in [-0.39, 0.29) is 19.4 Å². The lowest BCUT2D eigenvalue weighted by molar-refractivity contribution is -0.332. The van der Waals surface area contributed by atoms with Gasteiger partial charge in [0.25, 0.3) is 0 Å². The number of carbonyl (C=O) groups excluding carboxylic acids is 2. The zero-order valence-corrected chi connectivity index (χ0v) is 39.9. The molecule has 0 bridgehead atoms. The molecule has 2 aliphatic heterocycles. The van der Waals surface area contributed by atoms with Crippen LogP contribution in [0.25, 0.3) is 0 Å². The fourth-order valence-corrected chi connectivity index (χ4v) is 7.39. The molecule has 0 saturated carbocycles. The van der Waals surface area contributed by atoms with Gasteiger partial charge in [0.2, 0.25) is 0 Å². The summed E-state index contributed by atoms with van der Waals surface area (Å²) in [6, 6.07) is 0. The van der Waals surface area contributed by atoms with Crippen molar-refractivity contribution in [3.05, 3.63) is 60.8 Å². The SMILES string of the molecule is CC/C=C\C/C=C\C/C=C\CCCCCCCCCC(=O)OC(COC(=O)CCCCCCC/C=C\C/C=C\CCC)COC1OC(COC2OC(CO)C(O)C(O)C2O)C(O)C(O)C1O. The van der Waals surface area contributed by atoms with Crippen LogP contribution in [-0.2, 0) is 38.0 Å². The Morgan fingerprint density at radius 1 is 0.500 bits per heavy atom. The van der Waals surface area contributed by atoms with Gasteiger partial charge in [-0.2, -0.15) is 0 Å². The van der Waals surface area contributed by atoms with Crippen molar-refractivity contribution in [1.29, 1.82) is 0 Å². The van der Waals surface area contributed by atoms with Crippen LogP contribution in [0.1, 0.15) is 155 Å². The Morgan fingerprint density at radius 3 is 1.50 bits per heavy atom. The minimum Gasteiger partial charge on any atom is -0.462 e. The van der Waals surface area contributed by atoms with Crippen LogP contribution in [0.4, 0.5) is 0 Å². The highest BCUT2D eigenvalue weighted by Gasteiger charge is 2.47. The smallest absolute Gasteiger partial charge is 0.306 e. The maximum atomic E-state index is 13.0. The summed E-state index contributed by atoms with van der Waals surface area (Å²) in [7, 11) is 0. The number of allylic oxidation sites excluding steroid dienone is 10. The van der Waals surface area contributed by atoms with Crippen molar-refractivity contribution in [2.45, 2.75) is 223 Å². The molecule has 11 unspecified atom stereocenters. The maximum Gasteiger partial charge on any atom is 0.306 e. The molecule has 0 aromatic heterocycles. The van der Waals surface area contributed by atoms with Gasteiger partial charge in [0.15, 0.2) is 18.7 Å². The maximum absolute atomic E-state index is 13.0. The monoisotopic (exact) mass is 939 g/mol. The second-order valence-electron chi connectivity index (χ2n) is 17.3. The van der Waals surface area contributed by atoms with Crippen molar-refractivity contribution >= 4 is 11.9 Å². The molecule has 0 aliphatic carbocycles. The number of hydrogen-bond acceptors (Lipinski definition) is 15. The van der Waals surface area contributed by atoms with E-state index >= 15 is 0 Å². The van der Waals surface area contributed by atoms with Gasteiger partial charge in [0.05, 0.1) is 19.8 Å². The number of aliphatic hydroxyl groups is 7. The molecule has 0 aromatic rings. The third kappa shape index (κ3) is 26.1. The second kappa shape index (κ2) is 38.1. The average molecular weight is 939 g/mol. The van der Waals surface area contributed by atoms with Gasteiger partial charge >= 0.3 is 11.9 Å². The van der Waals surface area contributed by atoms with Crippen LogP contribution in [0.2, 0.25) is 0 Å². The van der Waals surface area contributed by atoms with E-state index in [1.165, 1.54) is 0 Å². The molecule has 2 heterocycles. The van der Waals surface area contributed by atoms with E-state index in [0.29, 0.717) is 12.8 Å². The van der Waals surface area contributed by atoms with E-state index in [1.807, 2.05) is 0 Å². The molecule has 2 fully saturated rings. The van der Waals surface area contributed by atoms with Crippen LogP contribution in [0.3, 0.4) is 0 Å². The van der Waals surface area contributed by atoms with Gasteiger partial charge in [-0.25, -0.2) is 0 Å². The van der Waals surface area contributed by atoms with Crippen LogP contribution in [-0.4, -0.2) is 142 Å². The average Bonchev–Trinajstić information content (AvgIpc) is 3.31. The van der Waals surface area contributed by atoms with Crippen molar-refractivity contribution in [3.8, 4) is 0 Å². The van der Waals surface area contributed by atoms with Crippen molar-refractivity contribution in [2.75, 3.05) is 26.4 Å².